The topological polar surface area (TPSA) is 43.8 Å². The summed E-state index contributed by atoms with van der Waals surface area (Å²) in [5.74, 6) is -0.291. The Balaban J connectivity index is 2.24. The van der Waals surface area contributed by atoms with Crippen LogP contribution in [-0.4, -0.2) is 9.78 Å². The summed E-state index contributed by atoms with van der Waals surface area (Å²) in [5, 5.41) is 4.09. The molecule has 0 spiro atoms. The SMILES string of the molecule is Nc1ccc(Cn2cc(I)cn2)c(F)c1. The van der Waals surface area contributed by atoms with Crippen molar-refractivity contribution < 1.29 is 4.39 Å². The lowest BCUT2D eigenvalue weighted by Gasteiger charge is -2.04. The van der Waals surface area contributed by atoms with Gasteiger partial charge in [0.05, 0.1) is 16.3 Å². The van der Waals surface area contributed by atoms with Gasteiger partial charge in [-0.25, -0.2) is 4.39 Å². The monoisotopic (exact) mass is 317 g/mol. The summed E-state index contributed by atoms with van der Waals surface area (Å²) in [6, 6.07) is 4.69. The van der Waals surface area contributed by atoms with Crippen molar-refractivity contribution in [3.05, 3.63) is 45.5 Å². The number of nitrogen functional groups attached to an aromatic ring is 1. The average molecular weight is 317 g/mol. The van der Waals surface area contributed by atoms with Gasteiger partial charge < -0.3 is 5.73 Å². The van der Waals surface area contributed by atoms with E-state index in [4.69, 9.17) is 5.73 Å². The average Bonchev–Trinajstić information content (AvgIpc) is 2.56. The molecule has 0 aliphatic rings. The van der Waals surface area contributed by atoms with Crippen LogP contribution in [0.2, 0.25) is 0 Å². The van der Waals surface area contributed by atoms with Gasteiger partial charge >= 0.3 is 0 Å². The van der Waals surface area contributed by atoms with Crippen LogP contribution in [0.5, 0.6) is 0 Å². The Bertz CT molecular complexity index is 481. The second-order valence-corrected chi connectivity index (χ2v) is 4.45. The van der Waals surface area contributed by atoms with Crippen molar-refractivity contribution in [2.45, 2.75) is 6.54 Å². The van der Waals surface area contributed by atoms with Crippen molar-refractivity contribution in [2.24, 2.45) is 0 Å². The fraction of sp³-hybridized carbons (Fsp3) is 0.100. The van der Waals surface area contributed by atoms with E-state index in [2.05, 4.69) is 27.7 Å². The molecule has 1 aromatic carbocycles. The van der Waals surface area contributed by atoms with E-state index in [0.29, 0.717) is 17.8 Å². The summed E-state index contributed by atoms with van der Waals surface area (Å²) in [7, 11) is 0. The molecule has 0 unspecified atom stereocenters. The van der Waals surface area contributed by atoms with Crippen LogP contribution in [0.4, 0.5) is 10.1 Å². The minimum absolute atomic E-state index is 0.291. The maximum atomic E-state index is 13.4. The number of nitrogens with zero attached hydrogens (tertiary/aromatic N) is 2. The van der Waals surface area contributed by atoms with Crippen molar-refractivity contribution >= 4 is 28.3 Å². The van der Waals surface area contributed by atoms with Gasteiger partial charge in [0.2, 0.25) is 0 Å². The normalized spacial score (nSPS) is 10.5. The molecule has 2 rings (SSSR count). The molecule has 3 nitrogen and oxygen atoms in total. The summed E-state index contributed by atoms with van der Waals surface area (Å²) in [4.78, 5) is 0. The molecular formula is C10H9FIN3. The van der Waals surface area contributed by atoms with E-state index in [-0.39, 0.29) is 5.82 Å². The van der Waals surface area contributed by atoms with E-state index in [1.54, 1.807) is 23.0 Å². The third-order valence-electron chi connectivity index (χ3n) is 2.01. The highest BCUT2D eigenvalue weighted by Gasteiger charge is 2.04. The first kappa shape index (κ1) is 10.4. The Labute approximate surface area is 100 Å². The quantitative estimate of drug-likeness (QED) is 0.682. The third kappa shape index (κ3) is 2.47. The van der Waals surface area contributed by atoms with Gasteiger partial charge in [-0.15, -0.1) is 0 Å². The number of anilines is 1. The maximum Gasteiger partial charge on any atom is 0.130 e. The first-order chi connectivity index (χ1) is 7.15. The number of nitrogens with two attached hydrogens (primary N) is 1. The van der Waals surface area contributed by atoms with Gasteiger partial charge in [0.1, 0.15) is 5.82 Å². The molecule has 78 valence electrons. The van der Waals surface area contributed by atoms with Crippen LogP contribution < -0.4 is 5.73 Å². The molecule has 0 saturated carbocycles. The molecule has 0 amide bonds. The second kappa shape index (κ2) is 4.18. The molecule has 0 aliphatic heterocycles. The van der Waals surface area contributed by atoms with Crippen LogP contribution >= 0.6 is 22.6 Å². The molecule has 0 fully saturated rings. The van der Waals surface area contributed by atoms with Crippen LogP contribution in [0, 0.1) is 9.39 Å². The van der Waals surface area contributed by atoms with E-state index < -0.39 is 0 Å². The highest BCUT2D eigenvalue weighted by atomic mass is 127. The number of hydrogen-bond donors (Lipinski definition) is 1. The predicted octanol–water partition coefficient (Wildman–Crippen LogP) is 2.26. The van der Waals surface area contributed by atoms with Gasteiger partial charge in [0.25, 0.3) is 0 Å². The van der Waals surface area contributed by atoms with Crippen molar-refractivity contribution in [3.8, 4) is 0 Å². The maximum absolute atomic E-state index is 13.4. The Kier molecular flexibility index (Phi) is 2.90. The second-order valence-electron chi connectivity index (χ2n) is 3.21. The molecule has 0 atom stereocenters. The lowest BCUT2D eigenvalue weighted by molar-refractivity contribution is 0.586. The Morgan fingerprint density at radius 2 is 2.27 bits per heavy atom. The highest BCUT2D eigenvalue weighted by molar-refractivity contribution is 14.1. The van der Waals surface area contributed by atoms with Crippen molar-refractivity contribution in [1.29, 1.82) is 0 Å². The molecule has 2 N–H and O–H groups in total. The lowest BCUT2D eigenvalue weighted by atomic mass is 10.2. The van der Waals surface area contributed by atoms with Gasteiger partial charge in [0, 0.05) is 17.4 Å². The lowest BCUT2D eigenvalue weighted by Crippen LogP contribution is -2.02. The van der Waals surface area contributed by atoms with E-state index in [1.807, 2.05) is 6.20 Å². The molecule has 1 aromatic heterocycles. The molecule has 15 heavy (non-hydrogen) atoms. The molecule has 1 heterocycles. The Hall–Kier alpha value is -1.11. The fourth-order valence-corrected chi connectivity index (χ4v) is 1.74. The first-order valence-electron chi connectivity index (χ1n) is 4.37. The van der Waals surface area contributed by atoms with E-state index in [9.17, 15) is 4.39 Å². The minimum Gasteiger partial charge on any atom is -0.399 e. The zero-order valence-electron chi connectivity index (χ0n) is 7.82. The van der Waals surface area contributed by atoms with Crippen LogP contribution in [0.1, 0.15) is 5.56 Å². The fourth-order valence-electron chi connectivity index (χ4n) is 1.29. The molecule has 0 bridgehead atoms. The third-order valence-corrected chi connectivity index (χ3v) is 2.57. The van der Waals surface area contributed by atoms with Crippen LogP contribution in [-0.2, 0) is 6.54 Å². The zero-order valence-corrected chi connectivity index (χ0v) is 9.98. The number of hydrogen-bond acceptors (Lipinski definition) is 2. The smallest absolute Gasteiger partial charge is 0.130 e. The molecule has 5 heteroatoms. The molecule has 0 radical (unpaired) electrons. The predicted molar refractivity (Wildman–Crippen MR) is 64.9 cm³/mol. The summed E-state index contributed by atoms with van der Waals surface area (Å²) >= 11 is 2.16. The van der Waals surface area contributed by atoms with E-state index >= 15 is 0 Å². The Morgan fingerprint density at radius 1 is 1.47 bits per heavy atom. The van der Waals surface area contributed by atoms with Gasteiger partial charge in [0.15, 0.2) is 0 Å². The molecule has 0 aliphatic carbocycles. The summed E-state index contributed by atoms with van der Waals surface area (Å²) < 4.78 is 16.1. The van der Waals surface area contributed by atoms with Gasteiger partial charge in [-0.2, -0.15) is 5.10 Å². The number of aromatic nitrogens is 2. The van der Waals surface area contributed by atoms with E-state index in [0.717, 1.165) is 3.57 Å². The standard InChI is InChI=1S/C10H9FIN3/c11-10-3-9(13)2-1-7(10)5-15-6-8(12)4-14-15/h1-4,6H,5,13H2. The summed E-state index contributed by atoms with van der Waals surface area (Å²) in [6.45, 7) is 0.426. The first-order valence-corrected chi connectivity index (χ1v) is 5.45. The highest BCUT2D eigenvalue weighted by Crippen LogP contribution is 2.13. The minimum atomic E-state index is -0.291. The number of rotatable bonds is 2. The summed E-state index contributed by atoms with van der Waals surface area (Å²) in [5.41, 5.74) is 6.48. The van der Waals surface area contributed by atoms with Gasteiger partial charge in [-0.1, -0.05) is 6.07 Å². The largest absolute Gasteiger partial charge is 0.399 e. The van der Waals surface area contributed by atoms with E-state index in [1.165, 1.54) is 6.07 Å². The van der Waals surface area contributed by atoms with Crippen LogP contribution in [0.3, 0.4) is 0 Å². The molecule has 0 saturated heterocycles. The van der Waals surface area contributed by atoms with Gasteiger partial charge in [-0.05, 0) is 34.7 Å². The van der Waals surface area contributed by atoms with Crippen molar-refractivity contribution in [2.75, 3.05) is 5.73 Å². The van der Waals surface area contributed by atoms with Gasteiger partial charge in [-0.3, -0.25) is 4.68 Å². The van der Waals surface area contributed by atoms with Crippen molar-refractivity contribution in [3.63, 3.8) is 0 Å². The Morgan fingerprint density at radius 3 is 2.87 bits per heavy atom. The number of halogens is 2. The number of benzene rings is 1. The molecular weight excluding hydrogens is 308 g/mol. The van der Waals surface area contributed by atoms with Crippen LogP contribution in [0.15, 0.2) is 30.6 Å². The van der Waals surface area contributed by atoms with Crippen molar-refractivity contribution in [1.82, 2.24) is 9.78 Å². The summed E-state index contributed by atoms with van der Waals surface area (Å²) in [6.07, 6.45) is 3.59. The zero-order chi connectivity index (χ0) is 10.8. The van der Waals surface area contributed by atoms with Crippen LogP contribution in [0.25, 0.3) is 0 Å². The molecule has 2 aromatic rings.